The van der Waals surface area contributed by atoms with Gasteiger partial charge in [0.15, 0.2) is 0 Å². The molecule has 0 saturated carbocycles. The number of hydrogen-bond donors (Lipinski definition) is 0. The molecule has 2 heterocycles. The first-order chi connectivity index (χ1) is 18.0. The minimum absolute atomic E-state index is 0.0537. The van der Waals surface area contributed by atoms with Crippen LogP contribution in [0.3, 0.4) is 0 Å². The molecule has 0 amide bonds. The quantitative estimate of drug-likeness (QED) is 0.261. The second kappa shape index (κ2) is 10.0. The van der Waals surface area contributed by atoms with Gasteiger partial charge in [-0.15, -0.1) is 0 Å². The fourth-order valence-corrected chi connectivity index (χ4v) is 5.63. The highest BCUT2D eigenvalue weighted by Crippen LogP contribution is 2.37. The van der Waals surface area contributed by atoms with Gasteiger partial charge in [-0.25, -0.2) is 4.39 Å². The molecule has 0 radical (unpaired) electrons. The van der Waals surface area contributed by atoms with E-state index in [9.17, 15) is 9.18 Å². The summed E-state index contributed by atoms with van der Waals surface area (Å²) in [7, 11) is 0. The molecule has 196 valence electrons. The van der Waals surface area contributed by atoms with Gasteiger partial charge >= 0.3 is 0 Å². The average molecular weight is 530 g/mol. The number of aromatic nitrogens is 1. The number of halogens is 2. The van der Waals surface area contributed by atoms with Crippen molar-refractivity contribution in [2.24, 2.45) is 10.9 Å². The van der Waals surface area contributed by atoms with Crippen molar-refractivity contribution in [1.29, 1.82) is 0 Å². The molecule has 1 aliphatic rings. The Morgan fingerprint density at radius 2 is 1.76 bits per heavy atom. The van der Waals surface area contributed by atoms with Gasteiger partial charge in [0.1, 0.15) is 11.7 Å². The summed E-state index contributed by atoms with van der Waals surface area (Å²) in [4.78, 5) is 21.3. The van der Waals surface area contributed by atoms with Gasteiger partial charge in [-0.3, -0.25) is 9.79 Å². The zero-order valence-corrected chi connectivity index (χ0v) is 23.3. The first-order valence-corrected chi connectivity index (χ1v) is 13.4. The monoisotopic (exact) mass is 529 g/mol. The summed E-state index contributed by atoms with van der Waals surface area (Å²) in [6.07, 6.45) is 0. The van der Waals surface area contributed by atoms with Crippen molar-refractivity contribution in [2.45, 2.75) is 52.7 Å². The van der Waals surface area contributed by atoms with Crippen LogP contribution in [0, 0.1) is 18.7 Å². The first-order valence-electron chi connectivity index (χ1n) is 13.0. The van der Waals surface area contributed by atoms with Crippen LogP contribution in [-0.2, 0) is 6.54 Å². The fourth-order valence-electron chi connectivity index (χ4n) is 5.45. The van der Waals surface area contributed by atoms with E-state index in [0.29, 0.717) is 29.1 Å². The maximum Gasteiger partial charge on any atom is 0.259 e. The predicted octanol–water partition coefficient (Wildman–Crippen LogP) is 7.39. The van der Waals surface area contributed by atoms with Crippen LogP contribution in [0.15, 0.2) is 82.6 Å². The van der Waals surface area contributed by atoms with Gasteiger partial charge in [0.2, 0.25) is 0 Å². The van der Waals surface area contributed by atoms with Crippen molar-refractivity contribution in [1.82, 2.24) is 9.47 Å². The van der Waals surface area contributed by atoms with Gasteiger partial charge in [-0.1, -0.05) is 67.9 Å². The van der Waals surface area contributed by atoms with Crippen LogP contribution in [0.2, 0.25) is 5.02 Å². The Morgan fingerprint density at radius 3 is 2.45 bits per heavy atom. The highest BCUT2D eigenvalue weighted by Gasteiger charge is 2.39. The molecule has 3 aromatic carbocycles. The lowest BCUT2D eigenvalue weighted by molar-refractivity contribution is 0.231. The molecule has 0 N–H and O–H groups in total. The molecule has 1 aromatic heterocycles. The minimum Gasteiger partial charge on any atom is -0.345 e. The summed E-state index contributed by atoms with van der Waals surface area (Å²) in [5.74, 6) is 0.622. The normalized spacial score (nSPS) is 15.8. The van der Waals surface area contributed by atoms with Crippen LogP contribution in [-0.4, -0.2) is 27.4 Å². The maximum atomic E-state index is 14.7. The molecule has 0 aliphatic carbocycles. The topological polar surface area (TPSA) is 37.6 Å². The lowest BCUT2D eigenvalue weighted by Gasteiger charge is -2.36. The van der Waals surface area contributed by atoms with E-state index in [0.717, 1.165) is 28.0 Å². The van der Waals surface area contributed by atoms with E-state index in [1.807, 2.05) is 47.0 Å². The molecule has 38 heavy (non-hydrogen) atoms. The fraction of sp³-hybridized carbons (Fsp3) is 0.312. The molecule has 4 aromatic rings. The van der Waals surface area contributed by atoms with Crippen molar-refractivity contribution in [3.8, 4) is 0 Å². The smallest absolute Gasteiger partial charge is 0.259 e. The summed E-state index contributed by atoms with van der Waals surface area (Å²) in [6, 6.07) is 22.6. The highest BCUT2D eigenvalue weighted by molar-refractivity contribution is 6.31. The van der Waals surface area contributed by atoms with Gasteiger partial charge < -0.3 is 9.47 Å². The first kappa shape index (κ1) is 26.2. The van der Waals surface area contributed by atoms with Gasteiger partial charge in [0.25, 0.3) is 5.56 Å². The van der Waals surface area contributed by atoms with E-state index in [4.69, 9.17) is 16.6 Å². The number of hydrogen-bond acceptors (Lipinski definition) is 3. The van der Waals surface area contributed by atoms with Crippen molar-refractivity contribution >= 4 is 28.2 Å². The van der Waals surface area contributed by atoms with Crippen LogP contribution in [0.5, 0.6) is 0 Å². The molecule has 5 rings (SSSR count). The Bertz CT molecular complexity index is 1590. The number of amidine groups is 1. The number of pyridine rings is 1. The second-order valence-electron chi connectivity index (χ2n) is 11.2. The van der Waals surface area contributed by atoms with E-state index in [1.54, 1.807) is 31.2 Å². The summed E-state index contributed by atoms with van der Waals surface area (Å²) in [6.45, 7) is 11.3. The van der Waals surface area contributed by atoms with Crippen LogP contribution in [0.25, 0.3) is 10.8 Å². The molecule has 1 unspecified atom stereocenters. The molecule has 0 spiro atoms. The Hall–Kier alpha value is -3.44. The molecule has 0 saturated heterocycles. The van der Waals surface area contributed by atoms with Crippen molar-refractivity contribution < 1.29 is 4.39 Å². The van der Waals surface area contributed by atoms with E-state index in [1.165, 1.54) is 0 Å². The molecule has 4 nitrogen and oxygen atoms in total. The average Bonchev–Trinajstić information content (AvgIpc) is 3.18. The largest absolute Gasteiger partial charge is 0.345 e. The number of benzene rings is 3. The van der Waals surface area contributed by atoms with E-state index < -0.39 is 0 Å². The van der Waals surface area contributed by atoms with Crippen LogP contribution in [0.4, 0.5) is 4.39 Å². The minimum atomic E-state index is -0.367. The summed E-state index contributed by atoms with van der Waals surface area (Å²) in [5, 5.41) is 2.03. The van der Waals surface area contributed by atoms with Crippen LogP contribution < -0.4 is 5.56 Å². The zero-order valence-electron chi connectivity index (χ0n) is 22.5. The molecule has 1 atom stereocenters. The summed E-state index contributed by atoms with van der Waals surface area (Å²) >= 11 is 6.36. The van der Waals surface area contributed by atoms with Gasteiger partial charge in [0.05, 0.1) is 18.1 Å². The Kier molecular flexibility index (Phi) is 6.91. The Balaban J connectivity index is 1.73. The molecule has 1 aliphatic heterocycles. The van der Waals surface area contributed by atoms with Crippen molar-refractivity contribution in [3.63, 3.8) is 0 Å². The maximum absolute atomic E-state index is 14.7. The molecule has 0 fully saturated rings. The lowest BCUT2D eigenvalue weighted by atomic mass is 9.94. The van der Waals surface area contributed by atoms with Crippen LogP contribution in [0.1, 0.15) is 56.1 Å². The summed E-state index contributed by atoms with van der Waals surface area (Å²) in [5.41, 5.74) is 2.85. The molecule has 6 heteroatoms. The highest BCUT2D eigenvalue weighted by atomic mass is 35.5. The van der Waals surface area contributed by atoms with E-state index in [2.05, 4.69) is 38.7 Å². The van der Waals surface area contributed by atoms with Gasteiger partial charge in [-0.05, 0) is 73.5 Å². The Labute approximate surface area is 228 Å². The number of nitrogens with zero attached hydrogens (tertiary/aromatic N) is 3. The Morgan fingerprint density at radius 1 is 1.03 bits per heavy atom. The number of rotatable bonds is 6. The summed E-state index contributed by atoms with van der Waals surface area (Å²) < 4.78 is 16.6. The van der Waals surface area contributed by atoms with E-state index in [-0.39, 0.29) is 28.9 Å². The molecular weight excluding hydrogens is 497 g/mol. The number of aliphatic imine (C=N–C) groups is 1. The second-order valence-corrected chi connectivity index (χ2v) is 11.6. The third-order valence-corrected chi connectivity index (χ3v) is 7.46. The standard InChI is InChI=1S/C32H33ClFN3O/c1-20(2)29(37-19-32(4,5)35-30(37)23-12-11-21(3)27(34)16-23)28-17-24-15-25(33)13-14-26(24)31(38)36(28)18-22-9-7-6-8-10-22/h6-17,20,29H,18-19H2,1-5H3. The van der Waals surface area contributed by atoms with Crippen molar-refractivity contribution in [2.75, 3.05) is 6.54 Å². The lowest BCUT2D eigenvalue weighted by Crippen LogP contribution is -2.41. The third kappa shape index (κ3) is 5.00. The number of aryl methyl sites for hydroxylation is 1. The van der Waals surface area contributed by atoms with Crippen LogP contribution >= 0.6 is 11.6 Å². The zero-order chi connectivity index (χ0) is 27.2. The van der Waals surface area contributed by atoms with E-state index >= 15 is 0 Å². The van der Waals surface area contributed by atoms with Crippen molar-refractivity contribution in [3.05, 3.63) is 116 Å². The molecular formula is C32H33ClFN3O. The third-order valence-electron chi connectivity index (χ3n) is 7.23. The number of fused-ring (bicyclic) bond motifs is 1. The SMILES string of the molecule is Cc1ccc(C2=NC(C)(C)CN2C(c2cc3cc(Cl)ccc3c(=O)n2Cc2ccccc2)C(C)C)cc1F. The van der Waals surface area contributed by atoms with Gasteiger partial charge in [0, 0.05) is 28.2 Å². The molecule has 0 bridgehead atoms. The van der Waals surface area contributed by atoms with Gasteiger partial charge in [-0.2, -0.15) is 0 Å². The predicted molar refractivity (Wildman–Crippen MR) is 155 cm³/mol.